The summed E-state index contributed by atoms with van der Waals surface area (Å²) in [6.45, 7) is 0. The summed E-state index contributed by atoms with van der Waals surface area (Å²) in [5, 5.41) is 4.33. The lowest BCUT2D eigenvalue weighted by atomic mass is 9.98. The van der Waals surface area contributed by atoms with E-state index in [1.54, 1.807) is 28.4 Å². The van der Waals surface area contributed by atoms with Crippen LogP contribution in [0.25, 0.3) is 88.4 Å². The molecule has 0 bridgehead atoms. The molecule has 4 aromatic heterocycles. The quantitative estimate of drug-likeness (QED) is 0.146. The number of rotatable bonds is 9. The molecule has 0 spiro atoms. The first-order valence-corrected chi connectivity index (χ1v) is 19.0. The Kier molecular flexibility index (Phi) is 8.52. The van der Waals surface area contributed by atoms with Crippen molar-refractivity contribution in [2.45, 2.75) is 0 Å². The second-order valence-corrected chi connectivity index (χ2v) is 14.2. The Bertz CT molecular complexity index is 2860. The molecule has 0 saturated carbocycles. The summed E-state index contributed by atoms with van der Waals surface area (Å²) in [7, 11) is 6.78. The summed E-state index contributed by atoms with van der Waals surface area (Å²) in [5.74, 6) is 3.20. The molecule has 0 aliphatic rings. The number of fused-ring (bicyclic) bond motifs is 6. The molecule has 0 N–H and O–H groups in total. The van der Waals surface area contributed by atoms with Gasteiger partial charge in [0, 0.05) is 79.7 Å². The van der Waals surface area contributed by atoms with Gasteiger partial charge in [0.25, 0.3) is 0 Å². The molecule has 0 aliphatic heterocycles. The van der Waals surface area contributed by atoms with Crippen LogP contribution in [-0.4, -0.2) is 47.5 Å². The third-order valence-corrected chi connectivity index (χ3v) is 11.1. The second kappa shape index (κ2) is 14.2. The fourth-order valence-electron chi connectivity index (χ4n) is 8.31. The Morgan fingerprint density at radius 3 is 0.983 bits per heavy atom. The van der Waals surface area contributed by atoms with Crippen molar-refractivity contribution in [2.75, 3.05) is 28.4 Å². The predicted octanol–water partition coefficient (Wildman–Crippen LogP) is 11.7. The van der Waals surface area contributed by atoms with Crippen LogP contribution in [0.2, 0.25) is 0 Å². The minimum Gasteiger partial charge on any atom is -0.497 e. The molecule has 6 aromatic carbocycles. The molecular weight excluding hydrogens is 721 g/mol. The van der Waals surface area contributed by atoms with Gasteiger partial charge in [-0.25, -0.2) is 0 Å². The lowest BCUT2D eigenvalue weighted by Crippen LogP contribution is -1.98. The van der Waals surface area contributed by atoms with Crippen molar-refractivity contribution in [1.29, 1.82) is 0 Å². The Morgan fingerprint density at radius 2 is 0.655 bits per heavy atom. The van der Waals surface area contributed by atoms with E-state index in [-0.39, 0.29) is 0 Å². The molecular formula is C50H38N4O4. The van der Waals surface area contributed by atoms with E-state index < -0.39 is 0 Å². The van der Waals surface area contributed by atoms with E-state index in [1.165, 1.54) is 0 Å². The van der Waals surface area contributed by atoms with Crippen molar-refractivity contribution >= 4 is 43.6 Å². The number of hydrogen-bond donors (Lipinski definition) is 0. The number of ether oxygens (including phenoxy) is 4. The van der Waals surface area contributed by atoms with Gasteiger partial charge < -0.3 is 28.1 Å². The largest absolute Gasteiger partial charge is 0.497 e. The van der Waals surface area contributed by atoms with Gasteiger partial charge in [0.1, 0.15) is 23.0 Å². The van der Waals surface area contributed by atoms with Crippen molar-refractivity contribution in [1.82, 2.24) is 19.1 Å². The van der Waals surface area contributed by atoms with E-state index in [9.17, 15) is 0 Å². The van der Waals surface area contributed by atoms with Crippen LogP contribution < -0.4 is 18.9 Å². The number of benzene rings is 6. The molecule has 0 saturated heterocycles. The van der Waals surface area contributed by atoms with Gasteiger partial charge in [-0.15, -0.1) is 0 Å². The molecule has 4 heterocycles. The maximum atomic E-state index is 5.64. The molecule has 10 rings (SSSR count). The molecule has 282 valence electrons. The van der Waals surface area contributed by atoms with Crippen LogP contribution >= 0.6 is 0 Å². The first kappa shape index (κ1) is 34.9. The van der Waals surface area contributed by atoms with Crippen LogP contribution in [0.1, 0.15) is 0 Å². The fraction of sp³-hybridized carbons (Fsp3) is 0.0800. The van der Waals surface area contributed by atoms with Gasteiger partial charge in [-0.05, 0) is 97.1 Å². The number of pyridine rings is 2. The lowest BCUT2D eigenvalue weighted by Gasteiger charge is -2.16. The first-order chi connectivity index (χ1) is 28.6. The summed E-state index contributed by atoms with van der Waals surface area (Å²) in [4.78, 5) is 9.58. The van der Waals surface area contributed by atoms with Gasteiger partial charge in [0.2, 0.25) is 0 Å². The molecule has 0 atom stereocenters. The highest BCUT2D eigenvalue weighted by atomic mass is 16.5. The van der Waals surface area contributed by atoms with Crippen molar-refractivity contribution in [3.05, 3.63) is 158 Å². The molecule has 8 nitrogen and oxygen atoms in total. The summed E-state index contributed by atoms with van der Waals surface area (Å²) >= 11 is 0. The highest BCUT2D eigenvalue weighted by molar-refractivity contribution is 6.12. The summed E-state index contributed by atoms with van der Waals surface area (Å²) in [6, 6.07) is 46.2. The topological polar surface area (TPSA) is 72.6 Å². The maximum Gasteiger partial charge on any atom is 0.119 e. The molecule has 0 amide bonds. The zero-order chi connectivity index (χ0) is 39.3. The average molecular weight is 759 g/mol. The average Bonchev–Trinajstić information content (AvgIpc) is 3.79. The zero-order valence-electron chi connectivity index (χ0n) is 32.4. The Balaban J connectivity index is 1.09. The molecule has 0 radical (unpaired) electrons. The van der Waals surface area contributed by atoms with Gasteiger partial charge in [0.05, 0.1) is 61.9 Å². The Labute approximate surface area is 335 Å². The summed E-state index contributed by atoms with van der Waals surface area (Å²) in [6.07, 6.45) is 7.68. The van der Waals surface area contributed by atoms with Gasteiger partial charge in [-0.2, -0.15) is 0 Å². The van der Waals surface area contributed by atoms with Gasteiger partial charge in [0.15, 0.2) is 0 Å². The normalized spacial score (nSPS) is 11.4. The van der Waals surface area contributed by atoms with Gasteiger partial charge in [-0.1, -0.05) is 36.4 Å². The Hall–Kier alpha value is -7.58. The van der Waals surface area contributed by atoms with E-state index in [0.29, 0.717) is 0 Å². The number of aromatic nitrogens is 4. The van der Waals surface area contributed by atoms with Gasteiger partial charge >= 0.3 is 0 Å². The highest BCUT2D eigenvalue weighted by Gasteiger charge is 2.20. The van der Waals surface area contributed by atoms with Crippen LogP contribution in [-0.2, 0) is 0 Å². The van der Waals surface area contributed by atoms with Crippen LogP contribution in [0, 0.1) is 0 Å². The van der Waals surface area contributed by atoms with Crippen LogP contribution in [0.4, 0.5) is 0 Å². The number of methoxy groups -OCH3 is 4. The summed E-state index contributed by atoms with van der Waals surface area (Å²) < 4.78 is 27.2. The van der Waals surface area contributed by atoms with E-state index in [1.807, 2.05) is 49.1 Å². The predicted molar refractivity (Wildman–Crippen MR) is 233 cm³/mol. The van der Waals surface area contributed by atoms with Crippen LogP contribution in [0.5, 0.6) is 23.0 Å². The minimum absolute atomic E-state index is 0.800. The van der Waals surface area contributed by atoms with E-state index in [2.05, 4.69) is 118 Å². The van der Waals surface area contributed by atoms with Crippen molar-refractivity contribution in [2.24, 2.45) is 0 Å². The standard InChI is InChI=1S/C50H38N4O4/c1-55-35-13-17-47-41(23-35)42-24-36(56-2)14-18-48(42)53(47)45-11-7-5-9-39(45)33-21-31(27-51-29-33)32-22-34(30-52-28-32)40-10-6-8-12-46(40)54-49-19-15-37(57-3)25-43(49)44-26-38(58-4)16-20-50(44)54/h5-30H,1-4H3. The van der Waals surface area contributed by atoms with Crippen LogP contribution in [0.15, 0.2) is 158 Å². The van der Waals surface area contributed by atoms with Crippen molar-refractivity contribution in [3.63, 3.8) is 0 Å². The fourth-order valence-corrected chi connectivity index (χ4v) is 8.31. The molecule has 10 aromatic rings. The highest BCUT2D eigenvalue weighted by Crippen LogP contribution is 2.41. The number of para-hydroxylation sites is 2. The zero-order valence-corrected chi connectivity index (χ0v) is 32.4. The SMILES string of the molecule is COc1ccc2c(c1)c1cc(OC)ccc1n2-c1ccccc1-c1cncc(-c2cncc(-c3ccccc3-n3c4ccc(OC)cc4c4cc(OC)ccc43)c2)c1. The van der Waals surface area contributed by atoms with E-state index >= 15 is 0 Å². The molecule has 0 unspecified atom stereocenters. The second-order valence-electron chi connectivity index (χ2n) is 14.2. The van der Waals surface area contributed by atoms with E-state index in [0.717, 1.165) is 111 Å². The van der Waals surface area contributed by atoms with Crippen LogP contribution in [0.3, 0.4) is 0 Å². The summed E-state index contributed by atoms with van der Waals surface area (Å²) in [5.41, 5.74) is 12.4. The minimum atomic E-state index is 0.800. The molecule has 8 heteroatoms. The first-order valence-electron chi connectivity index (χ1n) is 19.0. The number of nitrogens with zero attached hydrogens (tertiary/aromatic N) is 4. The van der Waals surface area contributed by atoms with Crippen molar-refractivity contribution in [3.8, 4) is 67.8 Å². The molecule has 0 aliphatic carbocycles. The monoisotopic (exact) mass is 758 g/mol. The smallest absolute Gasteiger partial charge is 0.119 e. The van der Waals surface area contributed by atoms with Gasteiger partial charge in [-0.3, -0.25) is 9.97 Å². The van der Waals surface area contributed by atoms with E-state index in [4.69, 9.17) is 28.9 Å². The van der Waals surface area contributed by atoms with Crippen molar-refractivity contribution < 1.29 is 18.9 Å². The lowest BCUT2D eigenvalue weighted by molar-refractivity contribution is 0.415. The molecule has 0 fully saturated rings. The molecule has 58 heavy (non-hydrogen) atoms. The Morgan fingerprint density at radius 1 is 0.345 bits per heavy atom. The number of hydrogen-bond acceptors (Lipinski definition) is 6. The third kappa shape index (κ3) is 5.68. The maximum absolute atomic E-state index is 5.64. The third-order valence-electron chi connectivity index (χ3n) is 11.1.